The van der Waals surface area contributed by atoms with Gasteiger partial charge in [0.15, 0.2) is 0 Å². The van der Waals surface area contributed by atoms with Crippen LogP contribution in [0.1, 0.15) is 32.5 Å². The van der Waals surface area contributed by atoms with E-state index in [0.717, 1.165) is 12.2 Å². The summed E-state index contributed by atoms with van der Waals surface area (Å²) in [7, 11) is 2.12. The molecule has 0 fully saturated rings. The van der Waals surface area contributed by atoms with E-state index in [2.05, 4.69) is 43.8 Å². The van der Waals surface area contributed by atoms with Crippen molar-refractivity contribution in [1.29, 1.82) is 0 Å². The van der Waals surface area contributed by atoms with Crippen LogP contribution in [0.2, 0.25) is 0 Å². The minimum atomic E-state index is 0. The van der Waals surface area contributed by atoms with Crippen LogP contribution in [-0.2, 0) is 0 Å². The molecule has 0 spiro atoms. The van der Waals surface area contributed by atoms with Gasteiger partial charge >= 0.3 is 0 Å². The summed E-state index contributed by atoms with van der Waals surface area (Å²) in [6, 6.07) is 6.37. The highest BCUT2D eigenvalue weighted by atomic mass is 35.5. The van der Waals surface area contributed by atoms with Crippen molar-refractivity contribution in [2.75, 3.05) is 20.1 Å². The Morgan fingerprint density at radius 2 is 2.06 bits per heavy atom. The fourth-order valence-electron chi connectivity index (χ4n) is 1.73. The molecule has 1 heterocycles. The SMILES string of the molecule is CC(c1ccccn1)N(C)CC(C)(C)CN.Cl. The van der Waals surface area contributed by atoms with Gasteiger partial charge in [0.05, 0.1) is 5.69 Å². The van der Waals surface area contributed by atoms with E-state index in [4.69, 9.17) is 5.73 Å². The average Bonchev–Trinajstić information content (AvgIpc) is 2.28. The van der Waals surface area contributed by atoms with Gasteiger partial charge in [0.2, 0.25) is 0 Å². The summed E-state index contributed by atoms with van der Waals surface area (Å²) in [5, 5.41) is 0. The number of hydrogen-bond donors (Lipinski definition) is 1. The standard InChI is InChI=1S/C13H23N3.ClH/c1-11(12-7-5-6-8-15-12)16(4)10-13(2,3)9-14;/h5-8,11H,9-10,14H2,1-4H3;1H. The van der Waals surface area contributed by atoms with Gasteiger partial charge in [-0.25, -0.2) is 0 Å². The van der Waals surface area contributed by atoms with E-state index in [1.165, 1.54) is 0 Å². The monoisotopic (exact) mass is 257 g/mol. The summed E-state index contributed by atoms with van der Waals surface area (Å²) < 4.78 is 0. The lowest BCUT2D eigenvalue weighted by molar-refractivity contribution is 0.172. The largest absolute Gasteiger partial charge is 0.330 e. The normalized spacial score (nSPS) is 13.3. The van der Waals surface area contributed by atoms with E-state index in [0.29, 0.717) is 12.6 Å². The predicted octanol–water partition coefficient (Wildman–Crippen LogP) is 2.48. The molecule has 0 saturated carbocycles. The van der Waals surface area contributed by atoms with Gasteiger partial charge in [-0.3, -0.25) is 9.88 Å². The van der Waals surface area contributed by atoms with E-state index in [1.54, 1.807) is 0 Å². The number of aromatic nitrogens is 1. The van der Waals surface area contributed by atoms with Gasteiger partial charge in [0.25, 0.3) is 0 Å². The minimum absolute atomic E-state index is 0. The van der Waals surface area contributed by atoms with Gasteiger partial charge < -0.3 is 5.73 Å². The van der Waals surface area contributed by atoms with Crippen LogP contribution in [-0.4, -0.2) is 30.0 Å². The van der Waals surface area contributed by atoms with Gasteiger partial charge in [-0.05, 0) is 38.1 Å². The van der Waals surface area contributed by atoms with Crippen LogP contribution in [0.3, 0.4) is 0 Å². The first-order valence-electron chi connectivity index (χ1n) is 5.77. The molecule has 0 aliphatic rings. The maximum absolute atomic E-state index is 5.75. The summed E-state index contributed by atoms with van der Waals surface area (Å²) in [5.41, 5.74) is 7.01. The third kappa shape index (κ3) is 5.02. The molecule has 1 aromatic rings. The molecule has 1 atom stereocenters. The molecule has 0 aliphatic heterocycles. The molecule has 98 valence electrons. The Balaban J connectivity index is 0.00000256. The molecule has 0 radical (unpaired) electrons. The highest BCUT2D eigenvalue weighted by Gasteiger charge is 2.21. The zero-order chi connectivity index (χ0) is 12.2. The Kier molecular flexibility index (Phi) is 6.68. The lowest BCUT2D eigenvalue weighted by atomic mass is 9.92. The summed E-state index contributed by atoms with van der Waals surface area (Å²) in [6.07, 6.45) is 1.84. The fraction of sp³-hybridized carbons (Fsp3) is 0.615. The second-order valence-electron chi connectivity index (χ2n) is 5.21. The number of nitrogens with two attached hydrogens (primary N) is 1. The third-order valence-electron chi connectivity index (χ3n) is 3.01. The first-order valence-corrected chi connectivity index (χ1v) is 5.77. The smallest absolute Gasteiger partial charge is 0.0572 e. The van der Waals surface area contributed by atoms with Crippen LogP contribution in [0, 0.1) is 5.41 Å². The van der Waals surface area contributed by atoms with Crippen molar-refractivity contribution < 1.29 is 0 Å². The van der Waals surface area contributed by atoms with Crippen molar-refractivity contribution >= 4 is 12.4 Å². The zero-order valence-electron chi connectivity index (χ0n) is 11.2. The van der Waals surface area contributed by atoms with Crippen molar-refractivity contribution in [2.45, 2.75) is 26.8 Å². The van der Waals surface area contributed by atoms with Crippen molar-refractivity contribution in [2.24, 2.45) is 11.1 Å². The van der Waals surface area contributed by atoms with E-state index in [9.17, 15) is 0 Å². The Labute approximate surface area is 111 Å². The van der Waals surface area contributed by atoms with Crippen molar-refractivity contribution in [1.82, 2.24) is 9.88 Å². The highest BCUT2D eigenvalue weighted by Crippen LogP contribution is 2.21. The van der Waals surface area contributed by atoms with Crippen LogP contribution < -0.4 is 5.73 Å². The van der Waals surface area contributed by atoms with Gasteiger partial charge in [0.1, 0.15) is 0 Å². The van der Waals surface area contributed by atoms with Gasteiger partial charge in [0, 0.05) is 18.8 Å². The van der Waals surface area contributed by atoms with E-state index in [1.807, 2.05) is 18.3 Å². The molecule has 2 N–H and O–H groups in total. The van der Waals surface area contributed by atoms with Crippen LogP contribution in [0.5, 0.6) is 0 Å². The molecule has 4 heteroatoms. The van der Waals surface area contributed by atoms with Crippen molar-refractivity contribution in [3.05, 3.63) is 30.1 Å². The summed E-state index contributed by atoms with van der Waals surface area (Å²) in [6.45, 7) is 8.23. The maximum Gasteiger partial charge on any atom is 0.0572 e. The molecule has 17 heavy (non-hydrogen) atoms. The van der Waals surface area contributed by atoms with Crippen molar-refractivity contribution in [3.8, 4) is 0 Å². The van der Waals surface area contributed by atoms with E-state index >= 15 is 0 Å². The van der Waals surface area contributed by atoms with Crippen LogP contribution in [0.25, 0.3) is 0 Å². The molecule has 0 saturated heterocycles. The molecule has 0 bridgehead atoms. The molecule has 0 amide bonds. The molecule has 1 aromatic heterocycles. The summed E-state index contributed by atoms with van der Waals surface area (Å²) in [4.78, 5) is 6.68. The second-order valence-corrected chi connectivity index (χ2v) is 5.21. The summed E-state index contributed by atoms with van der Waals surface area (Å²) >= 11 is 0. The third-order valence-corrected chi connectivity index (χ3v) is 3.01. The molecule has 3 nitrogen and oxygen atoms in total. The fourth-order valence-corrected chi connectivity index (χ4v) is 1.73. The number of nitrogens with zero attached hydrogens (tertiary/aromatic N) is 2. The molecular weight excluding hydrogens is 234 g/mol. The second kappa shape index (κ2) is 6.94. The average molecular weight is 258 g/mol. The van der Waals surface area contributed by atoms with Crippen LogP contribution in [0.15, 0.2) is 24.4 Å². The van der Waals surface area contributed by atoms with Crippen LogP contribution >= 0.6 is 12.4 Å². The topological polar surface area (TPSA) is 42.2 Å². The van der Waals surface area contributed by atoms with Gasteiger partial charge in [-0.1, -0.05) is 19.9 Å². The lowest BCUT2D eigenvalue weighted by Crippen LogP contribution is -2.38. The Morgan fingerprint density at radius 1 is 1.41 bits per heavy atom. The zero-order valence-corrected chi connectivity index (χ0v) is 12.0. The number of halogens is 1. The first-order chi connectivity index (χ1) is 7.46. The Hall–Kier alpha value is -0.640. The minimum Gasteiger partial charge on any atom is -0.330 e. The van der Waals surface area contributed by atoms with Crippen LogP contribution in [0.4, 0.5) is 0 Å². The molecule has 1 unspecified atom stereocenters. The Bertz CT molecular complexity index is 314. The summed E-state index contributed by atoms with van der Waals surface area (Å²) in [5.74, 6) is 0. The van der Waals surface area contributed by atoms with E-state index < -0.39 is 0 Å². The highest BCUT2D eigenvalue weighted by molar-refractivity contribution is 5.85. The molecule has 0 aliphatic carbocycles. The quantitative estimate of drug-likeness (QED) is 0.881. The molecule has 0 aromatic carbocycles. The van der Waals surface area contributed by atoms with Gasteiger partial charge in [-0.2, -0.15) is 0 Å². The number of rotatable bonds is 5. The van der Waals surface area contributed by atoms with E-state index in [-0.39, 0.29) is 17.8 Å². The predicted molar refractivity (Wildman–Crippen MR) is 75.4 cm³/mol. The van der Waals surface area contributed by atoms with Gasteiger partial charge in [-0.15, -0.1) is 12.4 Å². The first kappa shape index (κ1) is 16.4. The lowest BCUT2D eigenvalue weighted by Gasteiger charge is -2.32. The number of hydrogen-bond acceptors (Lipinski definition) is 3. The Morgan fingerprint density at radius 3 is 2.53 bits per heavy atom. The number of pyridine rings is 1. The maximum atomic E-state index is 5.75. The van der Waals surface area contributed by atoms with Crippen molar-refractivity contribution in [3.63, 3.8) is 0 Å². The molecule has 1 rings (SSSR count). The molecular formula is C13H24ClN3.